The second kappa shape index (κ2) is 12.8. The van der Waals surface area contributed by atoms with Crippen molar-refractivity contribution in [1.29, 1.82) is 0 Å². The summed E-state index contributed by atoms with van der Waals surface area (Å²) in [6, 6.07) is 12.0. The van der Waals surface area contributed by atoms with Crippen molar-refractivity contribution in [3.63, 3.8) is 0 Å². The number of aromatic nitrogens is 3. The van der Waals surface area contributed by atoms with Crippen molar-refractivity contribution in [3.05, 3.63) is 101 Å². The van der Waals surface area contributed by atoms with Gasteiger partial charge >= 0.3 is 11.7 Å². The summed E-state index contributed by atoms with van der Waals surface area (Å²) in [5.41, 5.74) is -3.95. The number of oxazole rings is 1. The van der Waals surface area contributed by atoms with E-state index in [1.54, 1.807) is 24.3 Å². The average molecular weight is 614 g/mol. The molecule has 4 aromatic rings. The number of sulfone groups is 1. The van der Waals surface area contributed by atoms with E-state index in [4.69, 9.17) is 9.15 Å². The fraction of sp³-hybridized carbons (Fsp3) is 0.286. The van der Waals surface area contributed by atoms with Crippen LogP contribution in [0.1, 0.15) is 46.9 Å². The Bertz CT molecular complexity index is 1590. The van der Waals surface area contributed by atoms with Crippen LogP contribution in [-0.2, 0) is 41.3 Å². The predicted molar refractivity (Wildman–Crippen MR) is 141 cm³/mol. The number of hydrogen-bond donors (Lipinski definition) is 0. The first-order chi connectivity index (χ1) is 19.8. The van der Waals surface area contributed by atoms with Crippen LogP contribution in [0, 0.1) is 0 Å². The lowest BCUT2D eigenvalue weighted by Gasteiger charge is -2.10. The van der Waals surface area contributed by atoms with Gasteiger partial charge in [-0.3, -0.25) is 0 Å². The number of rotatable bonds is 12. The number of alkyl halides is 6. The maximum absolute atomic E-state index is 12.7. The first-order valence-electron chi connectivity index (χ1n) is 12.6. The third-order valence-corrected chi connectivity index (χ3v) is 7.47. The Balaban J connectivity index is 1.20. The molecule has 0 unspecified atom stereocenters. The molecule has 14 heteroatoms. The Labute approximate surface area is 237 Å². The number of unbranched alkanes of at least 4 members (excludes halogenated alkanes) is 1. The summed E-state index contributed by atoms with van der Waals surface area (Å²) in [5.74, 6) is -0.477. The predicted octanol–water partition coefficient (Wildman–Crippen LogP) is 7.10. The van der Waals surface area contributed by atoms with Gasteiger partial charge in [-0.05, 0) is 60.7 Å². The Morgan fingerprint density at radius 2 is 1.64 bits per heavy atom. The summed E-state index contributed by atoms with van der Waals surface area (Å²) in [6.07, 6.45) is 4.91. The van der Waals surface area contributed by atoms with Gasteiger partial charge in [-0.1, -0.05) is 24.3 Å². The van der Waals surface area contributed by atoms with Gasteiger partial charge in [-0.25, -0.2) is 18.4 Å². The highest BCUT2D eigenvalue weighted by Crippen LogP contribution is 2.29. The van der Waals surface area contributed by atoms with Gasteiger partial charge in [0, 0.05) is 25.0 Å². The number of hydrogen-bond acceptors (Lipinski definition) is 6. The van der Waals surface area contributed by atoms with Crippen molar-refractivity contribution in [2.75, 3.05) is 0 Å². The van der Waals surface area contributed by atoms with Crippen LogP contribution in [0.25, 0.3) is 12.2 Å². The molecular weight excluding hydrogens is 588 g/mol. The number of ether oxygens (including phenoxy) is 1. The fourth-order valence-electron chi connectivity index (χ4n) is 3.87. The van der Waals surface area contributed by atoms with E-state index in [1.165, 1.54) is 35.4 Å². The van der Waals surface area contributed by atoms with Crippen LogP contribution in [0.5, 0.6) is 5.75 Å². The van der Waals surface area contributed by atoms with Crippen LogP contribution in [-0.4, -0.2) is 28.5 Å². The minimum atomic E-state index is -5.32. The minimum absolute atomic E-state index is 0.133. The summed E-state index contributed by atoms with van der Waals surface area (Å²) in [6.45, 7) is 0.470. The van der Waals surface area contributed by atoms with Crippen LogP contribution in [0.4, 0.5) is 26.3 Å². The Morgan fingerprint density at radius 3 is 2.31 bits per heavy atom. The van der Waals surface area contributed by atoms with Gasteiger partial charge in [0.05, 0.1) is 5.56 Å². The molecule has 0 saturated heterocycles. The zero-order valence-electron chi connectivity index (χ0n) is 21.9. The summed E-state index contributed by atoms with van der Waals surface area (Å²) in [5, 5.41) is 0. The standard InChI is InChI=1S/C28H25F6N3O4S/c29-27(30,31)22-9-4-21(5-10-22)8-13-26-36-23(18-41-26)17-40-24-11-6-20(7-12-24)3-1-2-15-37-16-14-35-25(37)19-42(38,39)28(32,33)34/h4-14,16,18H,1-3,15,17,19H2/b13-8+. The van der Waals surface area contributed by atoms with Crippen molar-refractivity contribution in [2.24, 2.45) is 0 Å². The van der Waals surface area contributed by atoms with E-state index >= 15 is 0 Å². The van der Waals surface area contributed by atoms with E-state index in [2.05, 4.69) is 9.97 Å². The molecule has 0 aliphatic heterocycles. The number of nitrogens with zero attached hydrogens (tertiary/aromatic N) is 3. The summed E-state index contributed by atoms with van der Waals surface area (Å²) in [7, 11) is -5.30. The van der Waals surface area contributed by atoms with E-state index in [9.17, 15) is 34.8 Å². The number of halogens is 6. The maximum atomic E-state index is 12.7. The smallest absolute Gasteiger partial charge is 0.487 e. The molecule has 4 rings (SSSR count). The van der Waals surface area contributed by atoms with Crippen LogP contribution in [0.3, 0.4) is 0 Å². The molecule has 0 amide bonds. The second-order valence-electron chi connectivity index (χ2n) is 9.26. The van der Waals surface area contributed by atoms with E-state index < -0.39 is 32.8 Å². The lowest BCUT2D eigenvalue weighted by molar-refractivity contribution is -0.137. The molecule has 0 aliphatic rings. The molecule has 224 valence electrons. The topological polar surface area (TPSA) is 87.2 Å². The zero-order chi connectivity index (χ0) is 30.4. The molecule has 2 aromatic heterocycles. The molecular formula is C28H25F6N3O4S. The van der Waals surface area contributed by atoms with E-state index in [0.717, 1.165) is 17.7 Å². The van der Waals surface area contributed by atoms with Crippen LogP contribution >= 0.6 is 0 Å². The highest BCUT2D eigenvalue weighted by Gasteiger charge is 2.46. The van der Waals surface area contributed by atoms with Crippen LogP contribution in [0.2, 0.25) is 0 Å². The molecule has 0 radical (unpaired) electrons. The molecule has 0 saturated carbocycles. The van der Waals surface area contributed by atoms with Gasteiger partial charge in [0.25, 0.3) is 9.84 Å². The van der Waals surface area contributed by atoms with Gasteiger partial charge < -0.3 is 13.7 Å². The van der Waals surface area contributed by atoms with E-state index in [1.807, 2.05) is 12.1 Å². The molecule has 0 aliphatic carbocycles. The number of imidazole rings is 1. The molecule has 7 nitrogen and oxygen atoms in total. The molecule has 2 heterocycles. The molecule has 0 spiro atoms. The van der Waals surface area contributed by atoms with Crippen molar-refractivity contribution in [2.45, 2.75) is 49.9 Å². The van der Waals surface area contributed by atoms with Gasteiger partial charge in [0.2, 0.25) is 5.89 Å². The van der Waals surface area contributed by atoms with Crippen LogP contribution < -0.4 is 4.74 Å². The molecule has 42 heavy (non-hydrogen) atoms. The van der Waals surface area contributed by atoms with Crippen molar-refractivity contribution < 1.29 is 43.9 Å². The van der Waals surface area contributed by atoms with E-state index in [0.29, 0.717) is 42.8 Å². The summed E-state index contributed by atoms with van der Waals surface area (Å²) >= 11 is 0. The van der Waals surface area contributed by atoms with Gasteiger partial charge in [-0.15, -0.1) is 0 Å². The molecule has 2 aromatic carbocycles. The van der Waals surface area contributed by atoms with E-state index in [-0.39, 0.29) is 18.3 Å². The average Bonchev–Trinajstić information content (AvgIpc) is 3.57. The zero-order valence-corrected chi connectivity index (χ0v) is 22.7. The normalized spacial score (nSPS) is 12.7. The second-order valence-corrected chi connectivity index (χ2v) is 11.2. The van der Waals surface area contributed by atoms with Crippen molar-refractivity contribution >= 4 is 22.0 Å². The fourth-order valence-corrected chi connectivity index (χ4v) is 4.62. The molecule has 0 fully saturated rings. The quantitative estimate of drug-likeness (QED) is 0.125. The van der Waals surface area contributed by atoms with Gasteiger partial charge in [0.1, 0.15) is 35.9 Å². The van der Waals surface area contributed by atoms with Gasteiger partial charge in [-0.2, -0.15) is 26.3 Å². The highest BCUT2D eigenvalue weighted by molar-refractivity contribution is 7.91. The summed E-state index contributed by atoms with van der Waals surface area (Å²) in [4.78, 5) is 8.03. The first-order valence-corrected chi connectivity index (χ1v) is 14.3. The SMILES string of the molecule is O=S(=O)(Cc1nccn1CCCCc1ccc(OCc2coc(/C=C/c3ccc(C(F)(F)F)cc3)n2)cc1)C(F)(F)F. The minimum Gasteiger partial charge on any atom is -0.487 e. The van der Waals surface area contributed by atoms with Crippen molar-refractivity contribution in [1.82, 2.24) is 14.5 Å². The Kier molecular flexibility index (Phi) is 9.44. The lowest BCUT2D eigenvalue weighted by atomic mass is 10.1. The lowest BCUT2D eigenvalue weighted by Crippen LogP contribution is -2.26. The molecule has 0 bridgehead atoms. The Morgan fingerprint density at radius 1 is 0.929 bits per heavy atom. The third kappa shape index (κ3) is 8.47. The third-order valence-electron chi connectivity index (χ3n) is 6.12. The highest BCUT2D eigenvalue weighted by atomic mass is 32.2. The van der Waals surface area contributed by atoms with Crippen LogP contribution in [0.15, 0.2) is 71.6 Å². The maximum Gasteiger partial charge on any atom is 0.497 e. The number of aryl methyl sites for hydroxylation is 2. The van der Waals surface area contributed by atoms with Gasteiger partial charge in [0.15, 0.2) is 0 Å². The Hall–Kier alpha value is -4.07. The van der Waals surface area contributed by atoms with Crippen molar-refractivity contribution in [3.8, 4) is 5.75 Å². The largest absolute Gasteiger partial charge is 0.497 e. The molecule has 0 N–H and O–H groups in total. The summed E-state index contributed by atoms with van der Waals surface area (Å²) < 4.78 is 111. The molecule has 0 atom stereocenters. The number of benzene rings is 2. The monoisotopic (exact) mass is 613 g/mol. The first kappa shape index (κ1) is 30.9.